The predicted octanol–water partition coefficient (Wildman–Crippen LogP) is 3.15. The molecule has 5 nitrogen and oxygen atoms in total. The SMILES string of the molecule is COc1cccc(CNC(=O)NCOc2ccc(C)cc2C)c1. The van der Waals surface area contributed by atoms with E-state index < -0.39 is 0 Å². The molecular weight excluding hydrogens is 292 g/mol. The summed E-state index contributed by atoms with van der Waals surface area (Å²) in [5.41, 5.74) is 3.19. The molecule has 2 amide bonds. The number of ether oxygens (including phenoxy) is 2. The van der Waals surface area contributed by atoms with Gasteiger partial charge in [0, 0.05) is 6.54 Å². The molecule has 0 heterocycles. The Hall–Kier alpha value is -2.69. The lowest BCUT2D eigenvalue weighted by molar-refractivity contribution is 0.223. The van der Waals surface area contributed by atoms with Crippen LogP contribution in [0.5, 0.6) is 11.5 Å². The average Bonchev–Trinajstić information content (AvgIpc) is 2.55. The van der Waals surface area contributed by atoms with Gasteiger partial charge in [0.15, 0.2) is 6.73 Å². The standard InChI is InChI=1S/C18H22N2O3/c1-13-7-8-17(14(2)9-13)23-12-20-18(21)19-11-15-5-4-6-16(10-15)22-3/h4-10H,11-12H2,1-3H3,(H2,19,20,21). The molecule has 0 bridgehead atoms. The van der Waals surface area contributed by atoms with Crippen molar-refractivity contribution in [3.63, 3.8) is 0 Å². The molecular formula is C18H22N2O3. The fourth-order valence-corrected chi connectivity index (χ4v) is 2.17. The summed E-state index contributed by atoms with van der Waals surface area (Å²) in [5, 5.41) is 5.44. The Kier molecular flexibility index (Phi) is 5.86. The van der Waals surface area contributed by atoms with E-state index in [0.29, 0.717) is 6.54 Å². The van der Waals surface area contributed by atoms with Crippen molar-refractivity contribution < 1.29 is 14.3 Å². The first-order valence-electron chi connectivity index (χ1n) is 7.43. The number of urea groups is 1. The second kappa shape index (κ2) is 8.08. The lowest BCUT2D eigenvalue weighted by Gasteiger charge is -2.12. The van der Waals surface area contributed by atoms with Crippen LogP contribution in [0.2, 0.25) is 0 Å². The van der Waals surface area contributed by atoms with Crippen LogP contribution in [0.25, 0.3) is 0 Å². The van der Waals surface area contributed by atoms with E-state index in [1.165, 1.54) is 5.56 Å². The normalized spacial score (nSPS) is 10.0. The van der Waals surface area contributed by atoms with Gasteiger partial charge in [-0.1, -0.05) is 29.8 Å². The molecule has 0 radical (unpaired) electrons. The predicted molar refractivity (Wildman–Crippen MR) is 89.8 cm³/mol. The number of amides is 2. The van der Waals surface area contributed by atoms with Crippen molar-refractivity contribution in [2.75, 3.05) is 13.8 Å². The first kappa shape index (κ1) is 16.7. The van der Waals surface area contributed by atoms with E-state index in [1.807, 2.05) is 56.3 Å². The molecule has 5 heteroatoms. The van der Waals surface area contributed by atoms with Crippen LogP contribution in [0.1, 0.15) is 16.7 Å². The average molecular weight is 314 g/mol. The number of methoxy groups -OCH3 is 1. The van der Waals surface area contributed by atoms with E-state index >= 15 is 0 Å². The Bertz CT molecular complexity index is 671. The van der Waals surface area contributed by atoms with E-state index in [-0.39, 0.29) is 12.8 Å². The highest BCUT2D eigenvalue weighted by Crippen LogP contribution is 2.18. The molecule has 23 heavy (non-hydrogen) atoms. The Morgan fingerprint density at radius 2 is 1.91 bits per heavy atom. The second-order valence-electron chi connectivity index (χ2n) is 5.27. The van der Waals surface area contributed by atoms with Gasteiger partial charge in [-0.2, -0.15) is 0 Å². The summed E-state index contributed by atoms with van der Waals surface area (Å²) < 4.78 is 10.7. The van der Waals surface area contributed by atoms with Crippen LogP contribution in [0, 0.1) is 13.8 Å². The summed E-state index contributed by atoms with van der Waals surface area (Å²) in [6, 6.07) is 13.2. The Morgan fingerprint density at radius 1 is 1.09 bits per heavy atom. The van der Waals surface area contributed by atoms with Gasteiger partial charge in [0.05, 0.1) is 7.11 Å². The maximum absolute atomic E-state index is 11.8. The van der Waals surface area contributed by atoms with E-state index in [1.54, 1.807) is 7.11 Å². The molecule has 2 rings (SSSR count). The van der Waals surface area contributed by atoms with Crippen LogP contribution in [-0.2, 0) is 6.54 Å². The van der Waals surface area contributed by atoms with E-state index in [4.69, 9.17) is 9.47 Å². The number of rotatable bonds is 6. The van der Waals surface area contributed by atoms with Gasteiger partial charge in [0.1, 0.15) is 11.5 Å². The number of nitrogens with one attached hydrogen (secondary N) is 2. The van der Waals surface area contributed by atoms with Crippen LogP contribution in [0.3, 0.4) is 0 Å². The first-order chi connectivity index (χ1) is 11.1. The summed E-state index contributed by atoms with van der Waals surface area (Å²) in [5.74, 6) is 1.53. The highest BCUT2D eigenvalue weighted by Gasteiger charge is 2.03. The lowest BCUT2D eigenvalue weighted by atomic mass is 10.1. The Balaban J connectivity index is 1.74. The van der Waals surface area contributed by atoms with E-state index in [0.717, 1.165) is 22.6 Å². The molecule has 122 valence electrons. The van der Waals surface area contributed by atoms with Gasteiger partial charge in [0.2, 0.25) is 0 Å². The third-order valence-corrected chi connectivity index (χ3v) is 3.38. The zero-order valence-electron chi connectivity index (χ0n) is 13.7. The van der Waals surface area contributed by atoms with Gasteiger partial charge in [-0.25, -0.2) is 4.79 Å². The van der Waals surface area contributed by atoms with Crippen LogP contribution in [0.4, 0.5) is 4.79 Å². The fourth-order valence-electron chi connectivity index (χ4n) is 2.17. The van der Waals surface area contributed by atoms with Gasteiger partial charge in [-0.15, -0.1) is 0 Å². The molecule has 0 atom stereocenters. The minimum absolute atomic E-state index is 0.119. The molecule has 0 aliphatic carbocycles. The van der Waals surface area contributed by atoms with Crippen molar-refractivity contribution in [3.8, 4) is 11.5 Å². The molecule has 0 saturated heterocycles. The van der Waals surface area contributed by atoms with Crippen molar-refractivity contribution in [2.24, 2.45) is 0 Å². The van der Waals surface area contributed by atoms with Gasteiger partial charge in [0.25, 0.3) is 0 Å². The van der Waals surface area contributed by atoms with E-state index in [2.05, 4.69) is 10.6 Å². The summed E-state index contributed by atoms with van der Waals surface area (Å²) in [7, 11) is 1.61. The summed E-state index contributed by atoms with van der Waals surface area (Å²) >= 11 is 0. The molecule has 0 saturated carbocycles. The van der Waals surface area contributed by atoms with Crippen molar-refractivity contribution in [2.45, 2.75) is 20.4 Å². The van der Waals surface area contributed by atoms with Crippen molar-refractivity contribution in [1.29, 1.82) is 0 Å². The Labute approximate surface area is 136 Å². The highest BCUT2D eigenvalue weighted by molar-refractivity contribution is 5.73. The molecule has 2 aromatic carbocycles. The first-order valence-corrected chi connectivity index (χ1v) is 7.43. The molecule has 0 aliphatic heterocycles. The van der Waals surface area contributed by atoms with Gasteiger partial charge < -0.3 is 20.1 Å². The largest absolute Gasteiger partial charge is 0.497 e. The fraction of sp³-hybridized carbons (Fsp3) is 0.278. The molecule has 2 aromatic rings. The van der Waals surface area contributed by atoms with Crippen LogP contribution in [0.15, 0.2) is 42.5 Å². The van der Waals surface area contributed by atoms with Gasteiger partial charge >= 0.3 is 6.03 Å². The third kappa shape index (κ3) is 5.21. The lowest BCUT2D eigenvalue weighted by Crippen LogP contribution is -2.37. The minimum Gasteiger partial charge on any atom is -0.497 e. The van der Waals surface area contributed by atoms with Crippen LogP contribution < -0.4 is 20.1 Å². The number of benzene rings is 2. The molecule has 0 aliphatic rings. The van der Waals surface area contributed by atoms with Crippen molar-refractivity contribution in [1.82, 2.24) is 10.6 Å². The zero-order valence-corrected chi connectivity index (χ0v) is 13.7. The topological polar surface area (TPSA) is 59.6 Å². The zero-order chi connectivity index (χ0) is 16.7. The minimum atomic E-state index is -0.280. The quantitative estimate of drug-likeness (QED) is 0.805. The molecule has 0 fully saturated rings. The second-order valence-corrected chi connectivity index (χ2v) is 5.27. The smallest absolute Gasteiger partial charge is 0.317 e. The maximum Gasteiger partial charge on any atom is 0.317 e. The van der Waals surface area contributed by atoms with E-state index in [9.17, 15) is 4.79 Å². The highest BCUT2D eigenvalue weighted by atomic mass is 16.5. The van der Waals surface area contributed by atoms with Gasteiger partial charge in [-0.3, -0.25) is 0 Å². The van der Waals surface area contributed by atoms with Crippen LogP contribution in [-0.4, -0.2) is 19.9 Å². The number of carbonyl (C=O) groups is 1. The molecule has 2 N–H and O–H groups in total. The Morgan fingerprint density at radius 3 is 2.65 bits per heavy atom. The summed E-state index contributed by atoms with van der Waals surface area (Å²) in [4.78, 5) is 11.8. The summed E-state index contributed by atoms with van der Waals surface area (Å²) in [6.45, 7) is 4.55. The maximum atomic E-state index is 11.8. The third-order valence-electron chi connectivity index (χ3n) is 3.38. The monoisotopic (exact) mass is 314 g/mol. The van der Waals surface area contributed by atoms with Crippen LogP contribution >= 0.6 is 0 Å². The number of hydrogen-bond acceptors (Lipinski definition) is 3. The molecule has 0 aromatic heterocycles. The number of carbonyl (C=O) groups excluding carboxylic acids is 1. The summed E-state index contributed by atoms with van der Waals surface area (Å²) in [6.07, 6.45) is 0. The van der Waals surface area contributed by atoms with Crippen molar-refractivity contribution in [3.05, 3.63) is 59.2 Å². The van der Waals surface area contributed by atoms with Crippen molar-refractivity contribution >= 4 is 6.03 Å². The number of aryl methyl sites for hydroxylation is 2. The molecule has 0 spiro atoms. The number of hydrogen-bond donors (Lipinski definition) is 2. The van der Waals surface area contributed by atoms with Gasteiger partial charge in [-0.05, 0) is 43.2 Å². The molecule has 0 unspecified atom stereocenters.